The Morgan fingerprint density at radius 2 is 1.76 bits per heavy atom. The number of unbranched alkanes of at least 4 members (excludes halogenated alkanes) is 4. The van der Waals surface area contributed by atoms with Crippen molar-refractivity contribution in [2.24, 2.45) is 0 Å². The molecule has 21 heavy (non-hydrogen) atoms. The third-order valence-electron chi connectivity index (χ3n) is 3.49. The van der Waals surface area contributed by atoms with Crippen LogP contribution in [-0.2, 0) is 24.3 Å². The van der Waals surface area contributed by atoms with Crippen LogP contribution < -0.4 is 5.32 Å². The number of ether oxygens (including phenoxy) is 1. The second-order valence-electron chi connectivity index (χ2n) is 5.72. The summed E-state index contributed by atoms with van der Waals surface area (Å²) in [6, 6.07) is -0.694. The number of carbonyl (C=O) groups is 2. The molecule has 0 unspecified atom stereocenters. The predicted molar refractivity (Wildman–Crippen MR) is 88.2 cm³/mol. The van der Waals surface area contributed by atoms with E-state index in [1.165, 1.54) is 33.3 Å². The highest BCUT2D eigenvalue weighted by molar-refractivity contribution is 8.02. The minimum Gasteiger partial charge on any atom is -0.467 e. The van der Waals surface area contributed by atoms with E-state index in [-0.39, 0.29) is 5.91 Å². The standard InChI is InChI=1S/C15H31NO4S/c1-5-6-7-8-9-11-21(4,19)12-10-14(15(18)20-3)16-13(2)17/h14,21H,5-12H2,1-4H3,(H,16,17)/t14-/m0/s1. The molecule has 0 rings (SSSR count). The Balaban J connectivity index is 4.19. The van der Waals surface area contributed by atoms with E-state index in [1.807, 2.05) is 0 Å². The van der Waals surface area contributed by atoms with E-state index < -0.39 is 21.9 Å². The Morgan fingerprint density at radius 3 is 2.29 bits per heavy atom. The maximum absolute atomic E-state index is 12.5. The highest BCUT2D eigenvalue weighted by Gasteiger charge is 2.22. The van der Waals surface area contributed by atoms with Crippen LogP contribution in [-0.4, -0.2) is 47.0 Å². The molecular formula is C15H31NO4S. The molecule has 126 valence electrons. The van der Waals surface area contributed by atoms with Gasteiger partial charge in [0.25, 0.3) is 0 Å². The quantitative estimate of drug-likeness (QED) is 0.345. The van der Waals surface area contributed by atoms with Gasteiger partial charge in [-0.3, -0.25) is 9.00 Å². The van der Waals surface area contributed by atoms with Crippen molar-refractivity contribution in [2.75, 3.05) is 24.9 Å². The number of carbonyl (C=O) groups excluding carboxylic acids is 2. The minimum absolute atomic E-state index is 0.282. The van der Waals surface area contributed by atoms with E-state index in [1.54, 1.807) is 6.26 Å². The van der Waals surface area contributed by atoms with Crippen molar-refractivity contribution in [1.29, 1.82) is 0 Å². The first-order valence-corrected chi connectivity index (χ1v) is 10.3. The molecule has 0 aliphatic carbocycles. The third kappa shape index (κ3) is 10.5. The monoisotopic (exact) mass is 321 g/mol. The maximum atomic E-state index is 12.5. The molecule has 1 atom stereocenters. The molecular weight excluding hydrogens is 290 g/mol. The van der Waals surface area contributed by atoms with Crippen molar-refractivity contribution in [2.45, 2.75) is 58.4 Å². The summed E-state index contributed by atoms with van der Waals surface area (Å²) in [6.07, 6.45) is 7.84. The molecule has 0 aliphatic rings. The van der Waals surface area contributed by atoms with Gasteiger partial charge in [0.15, 0.2) is 0 Å². The molecule has 0 saturated carbocycles. The van der Waals surface area contributed by atoms with Gasteiger partial charge in [-0.05, 0) is 19.1 Å². The fourth-order valence-electron chi connectivity index (χ4n) is 2.20. The molecule has 0 heterocycles. The molecule has 0 bridgehead atoms. The van der Waals surface area contributed by atoms with Crippen LogP contribution in [0.2, 0.25) is 0 Å². The Hall–Kier alpha value is -0.910. The molecule has 0 saturated heterocycles. The second-order valence-corrected chi connectivity index (χ2v) is 9.21. The molecule has 0 aromatic heterocycles. The Bertz CT molecular complexity index is 371. The van der Waals surface area contributed by atoms with Crippen LogP contribution in [0.5, 0.6) is 0 Å². The summed E-state index contributed by atoms with van der Waals surface area (Å²) < 4.78 is 17.1. The van der Waals surface area contributed by atoms with Gasteiger partial charge in [-0.15, -0.1) is 9.93 Å². The van der Waals surface area contributed by atoms with Gasteiger partial charge in [0.2, 0.25) is 5.91 Å². The molecule has 1 amide bonds. The van der Waals surface area contributed by atoms with Crippen LogP contribution in [0.15, 0.2) is 0 Å². The zero-order chi connectivity index (χ0) is 16.3. The lowest BCUT2D eigenvalue weighted by atomic mass is 10.2. The number of methoxy groups -OCH3 is 1. The number of esters is 1. The topological polar surface area (TPSA) is 72.5 Å². The molecule has 0 fully saturated rings. The number of thiol groups is 1. The first kappa shape index (κ1) is 20.1. The van der Waals surface area contributed by atoms with Crippen LogP contribution in [0, 0.1) is 0 Å². The van der Waals surface area contributed by atoms with E-state index in [9.17, 15) is 13.8 Å². The van der Waals surface area contributed by atoms with Crippen molar-refractivity contribution < 1.29 is 18.5 Å². The summed E-state index contributed by atoms with van der Waals surface area (Å²) in [6.45, 7) is 3.52. The molecule has 0 aromatic carbocycles. The molecule has 1 N–H and O–H groups in total. The summed E-state index contributed by atoms with van der Waals surface area (Å²) in [5.41, 5.74) is 0. The Kier molecular flexibility index (Phi) is 10.3. The molecule has 0 aliphatic heterocycles. The van der Waals surface area contributed by atoms with Gasteiger partial charge in [-0.25, -0.2) is 4.79 Å². The van der Waals surface area contributed by atoms with Crippen LogP contribution in [0.4, 0.5) is 0 Å². The van der Waals surface area contributed by atoms with Crippen molar-refractivity contribution >= 4 is 21.8 Å². The minimum atomic E-state index is -2.25. The predicted octanol–water partition coefficient (Wildman–Crippen LogP) is 1.67. The summed E-state index contributed by atoms with van der Waals surface area (Å²) in [4.78, 5) is 22.7. The number of hydrogen-bond acceptors (Lipinski definition) is 4. The maximum Gasteiger partial charge on any atom is 0.328 e. The lowest BCUT2D eigenvalue weighted by Gasteiger charge is -2.22. The van der Waals surface area contributed by atoms with Crippen LogP contribution >= 0.6 is 0 Å². The molecule has 5 nitrogen and oxygen atoms in total. The van der Waals surface area contributed by atoms with Crippen LogP contribution in [0.25, 0.3) is 0 Å². The fraction of sp³-hybridized carbons (Fsp3) is 0.867. The number of hydrogen-bond donors (Lipinski definition) is 2. The molecule has 6 heteroatoms. The molecule has 0 aromatic rings. The lowest BCUT2D eigenvalue weighted by molar-refractivity contribution is -0.144. The number of nitrogens with one attached hydrogen (secondary N) is 1. The zero-order valence-corrected chi connectivity index (χ0v) is 14.7. The average Bonchev–Trinajstić information content (AvgIpc) is 2.42. The third-order valence-corrected chi connectivity index (χ3v) is 5.96. The van der Waals surface area contributed by atoms with Gasteiger partial charge in [0.05, 0.1) is 7.11 Å². The summed E-state index contributed by atoms with van der Waals surface area (Å²) in [5, 5.41) is 2.55. The smallest absolute Gasteiger partial charge is 0.328 e. The van der Waals surface area contributed by atoms with Crippen LogP contribution in [0.3, 0.4) is 0 Å². The van der Waals surface area contributed by atoms with E-state index in [0.29, 0.717) is 17.9 Å². The summed E-state index contributed by atoms with van der Waals surface area (Å²) >= 11 is 0. The highest BCUT2D eigenvalue weighted by Crippen LogP contribution is 2.11. The highest BCUT2D eigenvalue weighted by atomic mass is 32.2. The zero-order valence-electron chi connectivity index (χ0n) is 13.8. The van der Waals surface area contributed by atoms with Gasteiger partial charge in [0.1, 0.15) is 6.04 Å². The number of amides is 1. The van der Waals surface area contributed by atoms with E-state index in [0.717, 1.165) is 12.8 Å². The van der Waals surface area contributed by atoms with E-state index in [4.69, 9.17) is 0 Å². The van der Waals surface area contributed by atoms with Crippen LogP contribution in [0.1, 0.15) is 52.4 Å². The van der Waals surface area contributed by atoms with E-state index in [2.05, 4.69) is 17.0 Å². The van der Waals surface area contributed by atoms with Crippen molar-refractivity contribution in [3.05, 3.63) is 0 Å². The average molecular weight is 321 g/mol. The fourth-order valence-corrected chi connectivity index (χ4v) is 4.12. The van der Waals surface area contributed by atoms with E-state index >= 15 is 0 Å². The van der Waals surface area contributed by atoms with Crippen molar-refractivity contribution in [3.8, 4) is 0 Å². The second kappa shape index (κ2) is 10.8. The molecule has 0 radical (unpaired) electrons. The van der Waals surface area contributed by atoms with Gasteiger partial charge >= 0.3 is 5.97 Å². The first-order valence-electron chi connectivity index (χ1n) is 7.73. The lowest BCUT2D eigenvalue weighted by Crippen LogP contribution is -2.42. The SMILES string of the molecule is CCCCCCC[SH](C)(=O)CC[C@H](NC(C)=O)C(=O)OC. The summed E-state index contributed by atoms with van der Waals surface area (Å²) in [5.74, 6) is 0.412. The van der Waals surface area contributed by atoms with Gasteiger partial charge < -0.3 is 10.1 Å². The van der Waals surface area contributed by atoms with Gasteiger partial charge in [0, 0.05) is 18.4 Å². The normalized spacial score (nSPS) is 13.5. The van der Waals surface area contributed by atoms with Crippen molar-refractivity contribution in [3.63, 3.8) is 0 Å². The first-order chi connectivity index (χ1) is 9.82. The number of rotatable bonds is 11. The summed E-state index contributed by atoms with van der Waals surface area (Å²) in [7, 11) is -0.960. The van der Waals surface area contributed by atoms with Gasteiger partial charge in [-0.2, -0.15) is 0 Å². The van der Waals surface area contributed by atoms with Gasteiger partial charge in [-0.1, -0.05) is 32.6 Å². The largest absolute Gasteiger partial charge is 0.467 e. The molecule has 0 spiro atoms. The Morgan fingerprint density at radius 1 is 1.14 bits per heavy atom. The van der Waals surface area contributed by atoms with Crippen molar-refractivity contribution in [1.82, 2.24) is 5.32 Å². The Labute approximate surface area is 129 Å².